The predicted octanol–water partition coefficient (Wildman–Crippen LogP) is 2.78. The van der Waals surface area contributed by atoms with E-state index in [0.717, 1.165) is 64.3 Å². The van der Waals surface area contributed by atoms with Gasteiger partial charge in [-0.2, -0.15) is 0 Å². The number of nitrogens with zero attached hydrogens (tertiary/aromatic N) is 2. The van der Waals surface area contributed by atoms with Gasteiger partial charge in [0.2, 0.25) is 5.91 Å². The van der Waals surface area contributed by atoms with Crippen LogP contribution < -0.4 is 10.6 Å². The number of hydrogen-bond donors (Lipinski definition) is 2. The van der Waals surface area contributed by atoms with Crippen LogP contribution in [0.5, 0.6) is 0 Å². The smallest absolute Gasteiger partial charge is 0.225 e. The first-order valence-corrected chi connectivity index (χ1v) is 11.4. The number of amides is 1. The van der Waals surface area contributed by atoms with Crippen molar-refractivity contribution in [2.75, 3.05) is 26.2 Å². The largest absolute Gasteiger partial charge is 0.377 e. The van der Waals surface area contributed by atoms with Crippen molar-refractivity contribution in [2.45, 2.75) is 84.9 Å². The fraction of sp³-hybridized carbons (Fsp3) is 0.909. The van der Waals surface area contributed by atoms with Gasteiger partial charge in [0, 0.05) is 55.6 Å². The van der Waals surface area contributed by atoms with Gasteiger partial charge in [0.15, 0.2) is 5.96 Å². The second kappa shape index (κ2) is 9.02. The summed E-state index contributed by atoms with van der Waals surface area (Å²) in [5.74, 6) is 2.05. The van der Waals surface area contributed by atoms with E-state index in [1.165, 1.54) is 0 Å². The van der Waals surface area contributed by atoms with Gasteiger partial charge in [-0.15, -0.1) is 0 Å². The molecule has 6 heteroatoms. The molecule has 0 spiro atoms. The third kappa shape index (κ3) is 4.17. The van der Waals surface area contributed by atoms with Gasteiger partial charge in [0.25, 0.3) is 0 Å². The maximum atomic E-state index is 12.6. The van der Waals surface area contributed by atoms with Gasteiger partial charge in [-0.25, -0.2) is 0 Å². The summed E-state index contributed by atoms with van der Waals surface area (Å²) in [4.78, 5) is 19.4. The fourth-order valence-electron chi connectivity index (χ4n) is 5.39. The lowest BCUT2D eigenvalue weighted by Gasteiger charge is -2.55. The molecule has 2 aliphatic heterocycles. The molecular weight excluding hydrogens is 352 g/mol. The number of guanidine groups is 1. The highest BCUT2D eigenvalue weighted by Crippen LogP contribution is 2.52. The number of rotatable bonds is 6. The van der Waals surface area contributed by atoms with Gasteiger partial charge in [-0.05, 0) is 39.0 Å². The average Bonchev–Trinajstić information content (AvgIpc) is 3.15. The van der Waals surface area contributed by atoms with E-state index in [2.05, 4.69) is 50.2 Å². The maximum absolute atomic E-state index is 12.6. The third-order valence-electron chi connectivity index (χ3n) is 7.19. The number of aliphatic imine (C=N–C) groups is 1. The predicted molar refractivity (Wildman–Crippen MR) is 113 cm³/mol. The lowest BCUT2D eigenvalue weighted by Crippen LogP contribution is -2.68. The highest BCUT2D eigenvalue weighted by atomic mass is 16.5. The molecule has 2 N–H and O–H groups in total. The molecule has 3 fully saturated rings. The zero-order valence-corrected chi connectivity index (χ0v) is 18.5. The zero-order valence-electron chi connectivity index (χ0n) is 18.5. The molecule has 0 bridgehead atoms. The summed E-state index contributed by atoms with van der Waals surface area (Å²) in [7, 11) is 0. The molecule has 3 atom stereocenters. The molecule has 1 aliphatic carbocycles. The number of hydrogen-bond acceptors (Lipinski definition) is 3. The molecule has 3 rings (SSSR count). The first-order chi connectivity index (χ1) is 13.4. The van der Waals surface area contributed by atoms with Gasteiger partial charge in [-0.1, -0.05) is 27.7 Å². The van der Waals surface area contributed by atoms with Crippen LogP contribution >= 0.6 is 0 Å². The van der Waals surface area contributed by atoms with Crippen molar-refractivity contribution in [3.05, 3.63) is 0 Å². The first kappa shape index (κ1) is 21.4. The lowest BCUT2D eigenvalue weighted by molar-refractivity contribution is -0.136. The van der Waals surface area contributed by atoms with E-state index in [4.69, 9.17) is 9.73 Å². The summed E-state index contributed by atoms with van der Waals surface area (Å²) in [5, 5.41) is 7.36. The summed E-state index contributed by atoms with van der Waals surface area (Å²) >= 11 is 0. The minimum atomic E-state index is 0.141. The van der Waals surface area contributed by atoms with Crippen LogP contribution in [0.25, 0.3) is 0 Å². The van der Waals surface area contributed by atoms with E-state index in [-0.39, 0.29) is 11.3 Å². The number of fused-ring (bicyclic) bond motifs is 1. The monoisotopic (exact) mass is 392 g/mol. The summed E-state index contributed by atoms with van der Waals surface area (Å²) < 4.78 is 5.92. The van der Waals surface area contributed by atoms with Gasteiger partial charge in [0.05, 0.1) is 6.10 Å². The van der Waals surface area contributed by atoms with E-state index >= 15 is 0 Å². The number of piperidine rings is 1. The third-order valence-corrected chi connectivity index (χ3v) is 7.19. The van der Waals surface area contributed by atoms with Gasteiger partial charge < -0.3 is 20.3 Å². The summed E-state index contributed by atoms with van der Waals surface area (Å²) in [5.41, 5.74) is 0.141. The fourth-order valence-corrected chi connectivity index (χ4v) is 5.39. The van der Waals surface area contributed by atoms with E-state index in [0.29, 0.717) is 30.0 Å². The quantitative estimate of drug-likeness (QED) is 0.539. The van der Waals surface area contributed by atoms with Crippen LogP contribution in [0.3, 0.4) is 0 Å². The standard InChI is InChI=1S/C22H40N4O2/c1-6-15(7-2)20(27)26-12-9-16(10-13-26)24-21(23-8-3)25-18-17-11-14-28-19(17)22(18,4)5/h15-19H,6-14H2,1-5H3,(H2,23,24,25). The molecule has 3 aliphatic rings. The highest BCUT2D eigenvalue weighted by molar-refractivity contribution is 5.81. The molecule has 3 unspecified atom stereocenters. The molecule has 0 aromatic heterocycles. The zero-order chi connectivity index (χ0) is 20.3. The second-order valence-corrected chi connectivity index (χ2v) is 9.27. The molecule has 6 nitrogen and oxygen atoms in total. The van der Waals surface area contributed by atoms with Crippen LogP contribution in [0.15, 0.2) is 4.99 Å². The molecule has 0 radical (unpaired) electrons. The number of ether oxygens (including phenoxy) is 1. The van der Waals surface area contributed by atoms with Gasteiger partial charge >= 0.3 is 0 Å². The van der Waals surface area contributed by atoms with Crippen molar-refractivity contribution >= 4 is 11.9 Å². The summed E-state index contributed by atoms with van der Waals surface area (Å²) in [6, 6.07) is 0.789. The minimum absolute atomic E-state index is 0.141. The summed E-state index contributed by atoms with van der Waals surface area (Å²) in [6.07, 6.45) is 5.37. The molecule has 2 heterocycles. The average molecular weight is 393 g/mol. The Kier molecular flexibility index (Phi) is 6.89. The Morgan fingerprint density at radius 2 is 1.82 bits per heavy atom. The molecule has 0 aromatic carbocycles. The van der Waals surface area contributed by atoms with Gasteiger partial charge in [-0.3, -0.25) is 9.79 Å². The Labute approximate surface area is 170 Å². The van der Waals surface area contributed by atoms with Crippen molar-refractivity contribution in [3.8, 4) is 0 Å². The van der Waals surface area contributed by atoms with Crippen molar-refractivity contribution in [2.24, 2.45) is 22.2 Å². The maximum Gasteiger partial charge on any atom is 0.225 e. The highest BCUT2D eigenvalue weighted by Gasteiger charge is 2.59. The van der Waals surface area contributed by atoms with Crippen LogP contribution in [0, 0.1) is 17.3 Å². The van der Waals surface area contributed by atoms with E-state index < -0.39 is 0 Å². The molecule has 0 aromatic rings. The van der Waals surface area contributed by atoms with Crippen molar-refractivity contribution in [3.63, 3.8) is 0 Å². The Morgan fingerprint density at radius 3 is 2.43 bits per heavy atom. The van der Waals surface area contributed by atoms with E-state index in [9.17, 15) is 4.79 Å². The van der Waals surface area contributed by atoms with E-state index in [1.807, 2.05) is 0 Å². The molecule has 2 saturated heterocycles. The lowest BCUT2D eigenvalue weighted by atomic mass is 9.57. The molecular formula is C22H40N4O2. The summed E-state index contributed by atoms with van der Waals surface area (Å²) in [6.45, 7) is 14.2. The number of nitrogens with one attached hydrogen (secondary N) is 2. The Morgan fingerprint density at radius 1 is 1.14 bits per heavy atom. The first-order valence-electron chi connectivity index (χ1n) is 11.4. The van der Waals surface area contributed by atoms with E-state index in [1.54, 1.807) is 0 Å². The Bertz CT molecular complexity index is 565. The van der Waals surface area contributed by atoms with Crippen LogP contribution in [0.4, 0.5) is 0 Å². The molecule has 28 heavy (non-hydrogen) atoms. The number of likely N-dealkylation sites (tertiary alicyclic amines) is 1. The normalized spacial score (nSPS) is 30.1. The Hall–Kier alpha value is -1.30. The molecule has 1 saturated carbocycles. The van der Waals surface area contributed by atoms with Crippen LogP contribution in [0.2, 0.25) is 0 Å². The van der Waals surface area contributed by atoms with Crippen LogP contribution in [-0.2, 0) is 9.53 Å². The number of carbonyl (C=O) groups is 1. The molecule has 1 amide bonds. The van der Waals surface area contributed by atoms with Gasteiger partial charge in [0.1, 0.15) is 0 Å². The SMILES string of the molecule is CCN=C(NC1CCN(C(=O)C(CC)CC)CC1)NC1C2CCOC2C1(C)C. The number of carbonyl (C=O) groups excluding carboxylic acids is 1. The minimum Gasteiger partial charge on any atom is -0.377 e. The van der Waals surface area contributed by atoms with Crippen LogP contribution in [-0.4, -0.2) is 61.2 Å². The molecule has 160 valence electrons. The van der Waals surface area contributed by atoms with Crippen molar-refractivity contribution in [1.29, 1.82) is 0 Å². The Balaban J connectivity index is 1.52. The van der Waals surface area contributed by atoms with Crippen LogP contribution in [0.1, 0.15) is 66.7 Å². The van der Waals surface area contributed by atoms with Crippen molar-refractivity contribution < 1.29 is 9.53 Å². The topological polar surface area (TPSA) is 66.0 Å². The van der Waals surface area contributed by atoms with Crippen molar-refractivity contribution in [1.82, 2.24) is 15.5 Å². The second-order valence-electron chi connectivity index (χ2n) is 9.27.